The Morgan fingerprint density at radius 1 is 1.29 bits per heavy atom. The number of hydrogen-bond acceptors (Lipinski definition) is 6. The van der Waals surface area contributed by atoms with E-state index in [1.54, 1.807) is 0 Å². The molecule has 1 aromatic heterocycles. The molecule has 0 unspecified atom stereocenters. The lowest BCUT2D eigenvalue weighted by Gasteiger charge is -2.05. The Bertz CT molecular complexity index is 816. The minimum Gasteiger partial charge on any atom is -0.438 e. The molecule has 0 fully saturated rings. The highest BCUT2D eigenvalue weighted by molar-refractivity contribution is 7.92. The Labute approximate surface area is 133 Å². The number of rotatable bonds is 4. The van der Waals surface area contributed by atoms with Crippen LogP contribution in [0.25, 0.3) is 0 Å². The summed E-state index contributed by atoms with van der Waals surface area (Å²) in [6.07, 6.45) is 0.960. The molecule has 0 atom stereocenters. The van der Waals surface area contributed by atoms with Crippen LogP contribution in [0.1, 0.15) is 0 Å². The Balaban J connectivity index is 2.48. The lowest BCUT2D eigenvalue weighted by molar-refractivity contribution is -0.385. The van der Waals surface area contributed by atoms with Crippen molar-refractivity contribution >= 4 is 50.1 Å². The average Bonchev–Trinajstić information content (AvgIpc) is 2.76. The van der Waals surface area contributed by atoms with Crippen molar-refractivity contribution in [2.75, 3.05) is 6.26 Å². The molecule has 0 aliphatic carbocycles. The number of benzene rings is 1. The minimum atomic E-state index is -3.57. The summed E-state index contributed by atoms with van der Waals surface area (Å²) in [6.45, 7) is 0. The molecular weight excluding hydrogens is 361 g/mol. The van der Waals surface area contributed by atoms with Gasteiger partial charge in [-0.1, -0.05) is 34.5 Å². The maximum absolute atomic E-state index is 11.5. The van der Waals surface area contributed by atoms with Crippen molar-refractivity contribution < 1.29 is 18.1 Å². The van der Waals surface area contributed by atoms with Crippen LogP contribution in [0.5, 0.6) is 10.8 Å². The van der Waals surface area contributed by atoms with Gasteiger partial charge in [-0.15, -0.1) is 0 Å². The van der Waals surface area contributed by atoms with Gasteiger partial charge in [0, 0.05) is 17.3 Å². The third-order valence-electron chi connectivity index (χ3n) is 2.32. The standard InChI is InChI=1S/C11H7Cl2NO5S2/c1-21(17,18)10-5-8(14(15)16)11(20-10)19-9-3-2-6(12)4-7(9)13/h2-5H,1H3. The molecule has 6 nitrogen and oxygen atoms in total. The third kappa shape index (κ3) is 3.65. The van der Waals surface area contributed by atoms with Gasteiger partial charge in [0.1, 0.15) is 9.96 Å². The van der Waals surface area contributed by atoms with Crippen molar-refractivity contribution in [3.8, 4) is 10.8 Å². The van der Waals surface area contributed by atoms with Gasteiger partial charge in [-0.25, -0.2) is 8.42 Å². The Hall–Kier alpha value is -1.35. The topological polar surface area (TPSA) is 86.5 Å². The summed E-state index contributed by atoms with van der Waals surface area (Å²) >= 11 is 12.3. The van der Waals surface area contributed by atoms with Crippen LogP contribution in [0.3, 0.4) is 0 Å². The van der Waals surface area contributed by atoms with Crippen molar-refractivity contribution in [3.63, 3.8) is 0 Å². The molecular formula is C11H7Cl2NO5S2. The highest BCUT2D eigenvalue weighted by Gasteiger charge is 2.26. The first-order chi connectivity index (χ1) is 9.68. The first-order valence-electron chi connectivity index (χ1n) is 5.29. The van der Waals surface area contributed by atoms with Gasteiger partial charge in [-0.3, -0.25) is 10.1 Å². The van der Waals surface area contributed by atoms with Gasteiger partial charge in [0.2, 0.25) is 0 Å². The number of halogens is 2. The van der Waals surface area contributed by atoms with Crippen LogP contribution >= 0.6 is 34.5 Å². The van der Waals surface area contributed by atoms with Gasteiger partial charge in [0.15, 0.2) is 9.84 Å². The van der Waals surface area contributed by atoms with E-state index in [0.29, 0.717) is 16.4 Å². The maximum Gasteiger partial charge on any atom is 0.324 e. The quantitative estimate of drug-likeness (QED) is 0.597. The van der Waals surface area contributed by atoms with Crippen molar-refractivity contribution in [1.29, 1.82) is 0 Å². The van der Waals surface area contributed by atoms with Gasteiger partial charge in [0.25, 0.3) is 5.06 Å². The third-order valence-corrected chi connectivity index (χ3v) is 5.65. The van der Waals surface area contributed by atoms with E-state index >= 15 is 0 Å². The maximum atomic E-state index is 11.5. The van der Waals surface area contributed by atoms with Crippen molar-refractivity contribution in [2.45, 2.75) is 4.21 Å². The fraction of sp³-hybridized carbons (Fsp3) is 0.0909. The minimum absolute atomic E-state index is 0.145. The molecule has 0 bridgehead atoms. The zero-order chi connectivity index (χ0) is 15.8. The van der Waals surface area contributed by atoms with Gasteiger partial charge in [0.05, 0.1) is 9.95 Å². The van der Waals surface area contributed by atoms with E-state index in [1.807, 2.05) is 0 Å². The zero-order valence-electron chi connectivity index (χ0n) is 10.4. The second kappa shape index (κ2) is 5.80. The highest BCUT2D eigenvalue weighted by atomic mass is 35.5. The number of ether oxygens (including phenoxy) is 1. The van der Waals surface area contributed by atoms with Crippen LogP contribution < -0.4 is 4.74 Å². The summed E-state index contributed by atoms with van der Waals surface area (Å²) in [7, 11) is -3.57. The number of sulfone groups is 1. The highest BCUT2D eigenvalue weighted by Crippen LogP contribution is 2.43. The number of nitro groups is 1. The van der Waals surface area contributed by atoms with E-state index < -0.39 is 20.4 Å². The molecule has 1 aromatic carbocycles. The predicted molar refractivity (Wildman–Crippen MR) is 80.6 cm³/mol. The van der Waals surface area contributed by atoms with E-state index in [0.717, 1.165) is 12.3 Å². The average molecular weight is 368 g/mol. The predicted octanol–water partition coefficient (Wildman–Crippen LogP) is 4.16. The molecule has 0 amide bonds. The molecule has 0 radical (unpaired) electrons. The molecule has 0 N–H and O–H groups in total. The molecule has 1 heterocycles. The molecule has 0 aliphatic heterocycles. The Morgan fingerprint density at radius 2 is 1.95 bits per heavy atom. The van der Waals surface area contributed by atoms with Crippen molar-refractivity contribution in [3.05, 3.63) is 44.4 Å². The van der Waals surface area contributed by atoms with E-state index in [9.17, 15) is 18.5 Å². The molecule has 0 aliphatic rings. The molecule has 2 rings (SSSR count). The zero-order valence-corrected chi connectivity index (χ0v) is 13.5. The summed E-state index contributed by atoms with van der Waals surface area (Å²) in [5.74, 6) is 0.145. The summed E-state index contributed by atoms with van der Waals surface area (Å²) in [5.41, 5.74) is -0.438. The van der Waals surface area contributed by atoms with Gasteiger partial charge in [-0.2, -0.15) is 0 Å². The molecule has 0 spiro atoms. The van der Waals surface area contributed by atoms with Gasteiger partial charge >= 0.3 is 5.69 Å². The van der Waals surface area contributed by atoms with E-state index in [1.165, 1.54) is 18.2 Å². The second-order valence-corrected chi connectivity index (χ2v) is 8.05. The van der Waals surface area contributed by atoms with Crippen LogP contribution in [-0.4, -0.2) is 19.6 Å². The molecule has 112 valence electrons. The first kappa shape index (κ1) is 16.0. The lowest BCUT2D eigenvalue weighted by atomic mass is 10.3. The van der Waals surface area contributed by atoms with Crippen LogP contribution in [0.4, 0.5) is 5.69 Å². The smallest absolute Gasteiger partial charge is 0.324 e. The number of thiophene rings is 1. The van der Waals surface area contributed by atoms with Crippen LogP contribution in [0.15, 0.2) is 28.5 Å². The van der Waals surface area contributed by atoms with E-state index in [2.05, 4.69) is 0 Å². The monoisotopic (exact) mass is 367 g/mol. The Kier molecular flexibility index (Phi) is 4.43. The molecule has 0 saturated carbocycles. The fourth-order valence-corrected chi connectivity index (χ4v) is 3.71. The summed E-state index contributed by atoms with van der Waals surface area (Å²) in [5, 5.41) is 11.4. The van der Waals surface area contributed by atoms with Crippen molar-refractivity contribution in [1.82, 2.24) is 0 Å². The van der Waals surface area contributed by atoms with E-state index in [4.69, 9.17) is 27.9 Å². The van der Waals surface area contributed by atoms with Crippen LogP contribution in [-0.2, 0) is 9.84 Å². The molecule has 21 heavy (non-hydrogen) atoms. The van der Waals surface area contributed by atoms with E-state index in [-0.39, 0.29) is 20.0 Å². The summed E-state index contributed by atoms with van der Waals surface area (Å²) in [6, 6.07) is 5.31. The SMILES string of the molecule is CS(=O)(=O)c1cc([N+](=O)[O-])c(Oc2ccc(Cl)cc2Cl)s1. The van der Waals surface area contributed by atoms with Crippen LogP contribution in [0, 0.1) is 10.1 Å². The molecule has 10 heteroatoms. The van der Waals surface area contributed by atoms with Gasteiger partial charge < -0.3 is 4.74 Å². The number of nitrogens with zero attached hydrogens (tertiary/aromatic N) is 1. The number of hydrogen-bond donors (Lipinski definition) is 0. The molecule has 0 saturated heterocycles. The summed E-state index contributed by atoms with van der Waals surface area (Å²) < 4.78 is 28.1. The lowest BCUT2D eigenvalue weighted by Crippen LogP contribution is -1.92. The second-order valence-electron chi connectivity index (χ2n) is 3.94. The van der Waals surface area contributed by atoms with Crippen molar-refractivity contribution in [2.24, 2.45) is 0 Å². The van der Waals surface area contributed by atoms with Gasteiger partial charge in [-0.05, 0) is 18.2 Å². The fourth-order valence-electron chi connectivity index (χ4n) is 1.38. The summed E-state index contributed by atoms with van der Waals surface area (Å²) in [4.78, 5) is 10.3. The Morgan fingerprint density at radius 3 is 2.48 bits per heavy atom. The molecule has 2 aromatic rings. The first-order valence-corrected chi connectivity index (χ1v) is 8.76. The van der Waals surface area contributed by atoms with Crippen LogP contribution in [0.2, 0.25) is 10.0 Å². The largest absolute Gasteiger partial charge is 0.438 e. The normalized spacial score (nSPS) is 11.4.